The van der Waals surface area contributed by atoms with E-state index in [1.165, 1.54) is 104 Å². The van der Waals surface area contributed by atoms with Crippen molar-refractivity contribution in [3.63, 3.8) is 0 Å². The van der Waals surface area contributed by atoms with E-state index in [1.54, 1.807) is 0 Å². The maximum absolute atomic E-state index is 2.56. The maximum atomic E-state index is 2.56. The zero-order chi connectivity index (χ0) is 37.5. The number of allylic oxidation sites excluding steroid dienone is 4. The molecule has 0 aliphatic heterocycles. The quantitative estimate of drug-likeness (QED) is 0.167. The van der Waals surface area contributed by atoms with Crippen LogP contribution < -0.4 is 0 Å². The normalized spacial score (nSPS) is 13.1. The van der Waals surface area contributed by atoms with Gasteiger partial charge in [-0.3, -0.25) is 0 Å². The average Bonchev–Trinajstić information content (AvgIpc) is 3.99. The Morgan fingerprint density at radius 3 is 1.61 bits per heavy atom. The summed E-state index contributed by atoms with van der Waals surface area (Å²) in [6.07, 6.45) is 5.51. The Kier molecular flexibility index (Phi) is 7.02. The molecule has 2 heterocycles. The Morgan fingerprint density at radius 2 is 0.912 bits per heavy atom. The van der Waals surface area contributed by atoms with Crippen molar-refractivity contribution in [3.8, 4) is 27.9 Å². The van der Waals surface area contributed by atoms with Gasteiger partial charge in [-0.25, -0.2) is 0 Å². The topological polar surface area (TPSA) is 9.86 Å². The largest absolute Gasteiger partial charge is 0.312 e. The third-order valence-electron chi connectivity index (χ3n) is 12.1. The highest BCUT2D eigenvalue weighted by molar-refractivity contribution is 6.27. The molecule has 0 spiro atoms. The van der Waals surface area contributed by atoms with Gasteiger partial charge in [0.05, 0.1) is 22.1 Å². The molecule has 0 saturated heterocycles. The summed E-state index contributed by atoms with van der Waals surface area (Å²) >= 11 is 0. The predicted molar refractivity (Wildman–Crippen MR) is 243 cm³/mol. The van der Waals surface area contributed by atoms with Crippen molar-refractivity contribution in [3.05, 3.63) is 212 Å². The molecule has 12 rings (SSSR count). The SMILES string of the molecule is C1=C(c2ccccc2)CC(n2c3cc4c(cc3c3ccc5ccccc5c32)c2c3ccccc3ccc2n4-c2cc(-c3ccccc3)cc(-c3ccccc3)c2)=C1. The zero-order valence-corrected chi connectivity index (χ0v) is 31.2. The first-order chi connectivity index (χ1) is 28.3. The molecule has 0 unspecified atom stereocenters. The van der Waals surface area contributed by atoms with Gasteiger partial charge in [0.2, 0.25) is 0 Å². The maximum Gasteiger partial charge on any atom is 0.0616 e. The molecule has 0 saturated carbocycles. The van der Waals surface area contributed by atoms with Crippen LogP contribution in [-0.2, 0) is 0 Å². The lowest BCUT2D eigenvalue weighted by Gasteiger charge is -2.15. The molecule has 0 fully saturated rings. The first-order valence-corrected chi connectivity index (χ1v) is 19.8. The molecule has 2 nitrogen and oxygen atoms in total. The zero-order valence-electron chi connectivity index (χ0n) is 31.2. The third-order valence-corrected chi connectivity index (χ3v) is 12.1. The minimum Gasteiger partial charge on any atom is -0.312 e. The summed E-state index contributed by atoms with van der Waals surface area (Å²) in [5.41, 5.74) is 14.7. The molecule has 0 radical (unpaired) electrons. The second kappa shape index (κ2) is 12.6. The van der Waals surface area contributed by atoms with E-state index in [1.807, 2.05) is 0 Å². The predicted octanol–water partition coefficient (Wildman–Crippen LogP) is 14.9. The van der Waals surface area contributed by atoms with Gasteiger partial charge in [-0.15, -0.1) is 0 Å². The highest BCUT2D eigenvalue weighted by Gasteiger charge is 2.23. The van der Waals surface area contributed by atoms with Crippen molar-refractivity contribution in [2.75, 3.05) is 0 Å². The van der Waals surface area contributed by atoms with Gasteiger partial charge in [0, 0.05) is 44.7 Å². The van der Waals surface area contributed by atoms with Crippen LogP contribution in [0.4, 0.5) is 0 Å². The van der Waals surface area contributed by atoms with Gasteiger partial charge < -0.3 is 9.13 Å². The average molecular weight is 725 g/mol. The molecule has 0 N–H and O–H groups in total. The molecule has 57 heavy (non-hydrogen) atoms. The number of hydrogen-bond donors (Lipinski definition) is 0. The summed E-state index contributed by atoms with van der Waals surface area (Å²) in [6.45, 7) is 0. The van der Waals surface area contributed by atoms with E-state index in [0.29, 0.717) is 0 Å². The number of aromatic nitrogens is 2. The summed E-state index contributed by atoms with van der Waals surface area (Å²) in [6, 6.07) is 71.4. The summed E-state index contributed by atoms with van der Waals surface area (Å²) in [4.78, 5) is 0. The van der Waals surface area contributed by atoms with Crippen LogP contribution in [0.25, 0.3) is 104 Å². The molecule has 0 amide bonds. The van der Waals surface area contributed by atoms with Crippen LogP contribution in [0.3, 0.4) is 0 Å². The molecule has 266 valence electrons. The molecule has 1 aliphatic rings. The molecule has 2 aromatic heterocycles. The lowest BCUT2D eigenvalue weighted by molar-refractivity contribution is 1.16. The van der Waals surface area contributed by atoms with Gasteiger partial charge in [0.1, 0.15) is 0 Å². The van der Waals surface area contributed by atoms with Gasteiger partial charge in [-0.2, -0.15) is 0 Å². The van der Waals surface area contributed by atoms with E-state index in [-0.39, 0.29) is 0 Å². The number of fused-ring (bicyclic) bond motifs is 10. The van der Waals surface area contributed by atoms with Crippen molar-refractivity contribution in [2.24, 2.45) is 0 Å². The number of nitrogens with zero attached hydrogens (tertiary/aromatic N) is 2. The number of benzene rings is 9. The van der Waals surface area contributed by atoms with Crippen LogP contribution in [0.15, 0.2) is 206 Å². The Hall–Kier alpha value is -7.42. The molecule has 2 heteroatoms. The van der Waals surface area contributed by atoms with E-state index in [2.05, 4.69) is 215 Å². The number of hydrogen-bond acceptors (Lipinski definition) is 0. The fourth-order valence-electron chi connectivity index (χ4n) is 9.48. The molecule has 0 atom stereocenters. The first kappa shape index (κ1) is 31.9. The smallest absolute Gasteiger partial charge is 0.0616 e. The van der Waals surface area contributed by atoms with Gasteiger partial charge >= 0.3 is 0 Å². The van der Waals surface area contributed by atoms with Crippen LogP contribution in [0, 0.1) is 0 Å². The van der Waals surface area contributed by atoms with E-state index >= 15 is 0 Å². The lowest BCUT2D eigenvalue weighted by Crippen LogP contribution is -1.98. The van der Waals surface area contributed by atoms with Crippen LogP contribution in [0.2, 0.25) is 0 Å². The second-order valence-electron chi connectivity index (χ2n) is 15.3. The third kappa shape index (κ3) is 4.97. The standard InChI is InChI=1S/C55H36N2/c1-4-14-36(15-5-1)41-24-27-44(31-41)57-52-35-53-50(34-49(52)48-28-25-40-21-11-13-23-47(40)55(48)57)54-46-22-12-10-20-39(46)26-29-51(54)56(53)45-32-42(37-16-6-2-7-17-37)30-43(33-45)38-18-8-3-9-19-38/h1-30,32-35H,31H2. The summed E-state index contributed by atoms with van der Waals surface area (Å²) < 4.78 is 5.08. The molecular formula is C55H36N2. The molecule has 9 aromatic carbocycles. The number of rotatable bonds is 5. The van der Waals surface area contributed by atoms with Gasteiger partial charge in [-0.1, -0.05) is 164 Å². The minimum atomic E-state index is 0.858. The lowest BCUT2D eigenvalue weighted by atomic mass is 9.98. The van der Waals surface area contributed by atoms with Crippen molar-refractivity contribution in [2.45, 2.75) is 6.42 Å². The summed E-state index contributed by atoms with van der Waals surface area (Å²) in [5.74, 6) is 0. The minimum absolute atomic E-state index is 0.858. The fourth-order valence-corrected chi connectivity index (χ4v) is 9.48. The second-order valence-corrected chi connectivity index (χ2v) is 15.3. The van der Waals surface area contributed by atoms with Gasteiger partial charge in [-0.05, 0) is 92.0 Å². The summed E-state index contributed by atoms with van der Waals surface area (Å²) in [5, 5.41) is 10.1. The van der Waals surface area contributed by atoms with Crippen LogP contribution in [0.1, 0.15) is 12.0 Å². The Bertz CT molecular complexity index is 3400. The van der Waals surface area contributed by atoms with E-state index in [9.17, 15) is 0 Å². The first-order valence-electron chi connectivity index (χ1n) is 19.8. The van der Waals surface area contributed by atoms with Crippen LogP contribution >= 0.6 is 0 Å². The molecule has 11 aromatic rings. The van der Waals surface area contributed by atoms with Crippen molar-refractivity contribution < 1.29 is 0 Å². The molecule has 0 bridgehead atoms. The van der Waals surface area contributed by atoms with E-state index in [0.717, 1.165) is 12.1 Å². The Morgan fingerprint density at radius 1 is 0.333 bits per heavy atom. The van der Waals surface area contributed by atoms with E-state index < -0.39 is 0 Å². The Balaban J connectivity index is 1.21. The highest BCUT2D eigenvalue weighted by Crippen LogP contribution is 2.45. The van der Waals surface area contributed by atoms with E-state index in [4.69, 9.17) is 0 Å². The van der Waals surface area contributed by atoms with Gasteiger partial charge in [0.25, 0.3) is 0 Å². The molecular weight excluding hydrogens is 689 g/mol. The fraction of sp³-hybridized carbons (Fsp3) is 0.0182. The summed E-state index contributed by atoms with van der Waals surface area (Å²) in [7, 11) is 0. The van der Waals surface area contributed by atoms with Crippen molar-refractivity contribution in [1.29, 1.82) is 0 Å². The monoisotopic (exact) mass is 724 g/mol. The molecule has 1 aliphatic carbocycles. The Labute approximate surface area is 330 Å². The highest BCUT2D eigenvalue weighted by atomic mass is 15.0. The van der Waals surface area contributed by atoms with Crippen molar-refractivity contribution >= 4 is 76.4 Å². The van der Waals surface area contributed by atoms with Crippen LogP contribution in [0.5, 0.6) is 0 Å². The van der Waals surface area contributed by atoms with Gasteiger partial charge in [0.15, 0.2) is 0 Å². The van der Waals surface area contributed by atoms with Crippen molar-refractivity contribution in [1.82, 2.24) is 9.13 Å². The van der Waals surface area contributed by atoms with Crippen LogP contribution in [-0.4, -0.2) is 9.13 Å².